The van der Waals surface area contributed by atoms with Crippen molar-refractivity contribution in [2.45, 2.75) is 77.7 Å². The van der Waals surface area contributed by atoms with Crippen molar-refractivity contribution >= 4 is 11.7 Å². The number of ketones is 1. The maximum atomic E-state index is 12.0. The van der Waals surface area contributed by atoms with Crippen molar-refractivity contribution in [2.75, 3.05) is 0 Å². The lowest BCUT2D eigenvalue weighted by molar-refractivity contribution is -0.145. The quantitative estimate of drug-likeness (QED) is 0.805. The fourth-order valence-electron chi connectivity index (χ4n) is 7.80. The van der Waals surface area contributed by atoms with E-state index in [1.165, 1.54) is 19.3 Å². The Morgan fingerprint density at radius 2 is 1.80 bits per heavy atom. The highest BCUT2D eigenvalue weighted by Crippen LogP contribution is 2.67. The molecule has 4 saturated carbocycles. The van der Waals surface area contributed by atoms with Gasteiger partial charge in [0.1, 0.15) is 11.9 Å². The van der Waals surface area contributed by atoms with Crippen molar-refractivity contribution in [1.82, 2.24) is 0 Å². The molecule has 0 aliphatic heterocycles. The summed E-state index contributed by atoms with van der Waals surface area (Å²) in [7, 11) is 0. The van der Waals surface area contributed by atoms with Crippen LogP contribution in [0.4, 0.5) is 0 Å². The Balaban J connectivity index is 1.60. The molecule has 0 radical (unpaired) electrons. The number of amides is 1. The van der Waals surface area contributed by atoms with Gasteiger partial charge in [0.2, 0.25) is 5.91 Å². The molecule has 4 heteroatoms. The Bertz CT molecular complexity index is 590. The smallest absolute Gasteiger partial charge is 0.246 e. The SMILES string of the molecule is C[C@]12CCC(=O)C[C@@H]1CC[C@@H]1[C@@H]2CC[C@]2(C)[C@@H](C(O)C(N)=O)CC[C@@H]12. The summed E-state index contributed by atoms with van der Waals surface area (Å²) < 4.78 is 0. The minimum Gasteiger partial charge on any atom is -0.383 e. The van der Waals surface area contributed by atoms with Crippen molar-refractivity contribution < 1.29 is 14.7 Å². The Kier molecular flexibility index (Phi) is 4.06. The zero-order valence-electron chi connectivity index (χ0n) is 15.7. The number of aliphatic hydroxyl groups excluding tert-OH is 1. The first kappa shape index (κ1) is 17.5. The van der Waals surface area contributed by atoms with Crippen LogP contribution in [0.3, 0.4) is 0 Å². The van der Waals surface area contributed by atoms with Crippen LogP contribution in [0, 0.1) is 40.4 Å². The topological polar surface area (TPSA) is 80.4 Å². The molecule has 0 saturated heterocycles. The first-order valence-corrected chi connectivity index (χ1v) is 10.3. The summed E-state index contributed by atoms with van der Waals surface area (Å²) in [6.45, 7) is 4.75. The van der Waals surface area contributed by atoms with E-state index >= 15 is 0 Å². The van der Waals surface area contributed by atoms with Crippen LogP contribution in [0.5, 0.6) is 0 Å². The lowest BCUT2D eigenvalue weighted by Crippen LogP contribution is -2.54. The Morgan fingerprint density at radius 1 is 1.08 bits per heavy atom. The number of Topliss-reactive ketones (excluding diaryl/α,β-unsaturated/α-hetero) is 1. The third kappa shape index (κ3) is 2.43. The molecule has 0 bridgehead atoms. The van der Waals surface area contributed by atoms with Gasteiger partial charge < -0.3 is 10.8 Å². The summed E-state index contributed by atoms with van der Waals surface area (Å²) in [5.74, 6) is 2.51. The predicted octanol–water partition coefficient (Wildman–Crippen LogP) is 3.06. The van der Waals surface area contributed by atoms with Crippen molar-refractivity contribution in [1.29, 1.82) is 0 Å². The Morgan fingerprint density at radius 3 is 2.52 bits per heavy atom. The van der Waals surface area contributed by atoms with Crippen molar-refractivity contribution in [3.63, 3.8) is 0 Å². The number of carbonyl (C=O) groups is 2. The highest BCUT2D eigenvalue weighted by molar-refractivity contribution is 5.80. The molecule has 3 N–H and O–H groups in total. The summed E-state index contributed by atoms with van der Waals surface area (Å²) >= 11 is 0. The van der Waals surface area contributed by atoms with E-state index in [1.807, 2.05) is 0 Å². The van der Waals surface area contributed by atoms with Gasteiger partial charge in [-0.1, -0.05) is 13.8 Å². The van der Waals surface area contributed by atoms with Crippen LogP contribution in [0.25, 0.3) is 0 Å². The Hall–Kier alpha value is -0.900. The second kappa shape index (κ2) is 5.80. The molecule has 0 aromatic carbocycles. The van der Waals surface area contributed by atoms with Crippen molar-refractivity contribution in [3.8, 4) is 0 Å². The number of fused-ring (bicyclic) bond motifs is 5. The van der Waals surface area contributed by atoms with Crippen LogP contribution < -0.4 is 5.73 Å². The maximum Gasteiger partial charge on any atom is 0.246 e. The standard InChI is InChI=1S/C21H33NO3/c1-20-9-7-13(23)11-12(20)3-4-14-15-5-6-17(18(24)19(22)25)21(15,2)10-8-16(14)20/h12,14-18,24H,3-11H2,1-2H3,(H2,22,25)/t12-,14-,15-,16-,17+,18?,20-,21-/m0/s1. The third-order valence-electron chi connectivity index (χ3n) is 9.23. The van der Waals surface area contributed by atoms with Crippen molar-refractivity contribution in [3.05, 3.63) is 0 Å². The van der Waals surface area contributed by atoms with Crippen LogP contribution in [-0.2, 0) is 9.59 Å². The van der Waals surface area contributed by atoms with Gasteiger partial charge in [0.25, 0.3) is 0 Å². The average Bonchev–Trinajstić information content (AvgIpc) is 2.92. The van der Waals surface area contributed by atoms with E-state index in [9.17, 15) is 14.7 Å². The monoisotopic (exact) mass is 347 g/mol. The van der Waals surface area contributed by atoms with Gasteiger partial charge in [0.15, 0.2) is 0 Å². The zero-order chi connectivity index (χ0) is 18.0. The van der Waals surface area contributed by atoms with Gasteiger partial charge in [-0.05, 0) is 85.4 Å². The first-order chi connectivity index (χ1) is 11.8. The molecule has 0 spiro atoms. The molecule has 0 heterocycles. The molecule has 4 aliphatic carbocycles. The number of primary amides is 1. The highest BCUT2D eigenvalue weighted by Gasteiger charge is 2.61. The van der Waals surface area contributed by atoms with E-state index in [1.54, 1.807) is 0 Å². The molecule has 4 fully saturated rings. The number of aliphatic hydroxyl groups is 1. The van der Waals surface area contributed by atoms with Crippen LogP contribution in [0.1, 0.15) is 71.6 Å². The molecular formula is C21H33NO3. The molecule has 4 aliphatic rings. The molecule has 0 aromatic rings. The number of carbonyl (C=O) groups excluding carboxylic acids is 2. The first-order valence-electron chi connectivity index (χ1n) is 10.3. The lowest BCUT2D eigenvalue weighted by atomic mass is 9.44. The number of hydrogen-bond acceptors (Lipinski definition) is 3. The second-order valence-electron chi connectivity index (χ2n) is 9.98. The van der Waals surface area contributed by atoms with Gasteiger partial charge in [-0.3, -0.25) is 9.59 Å². The number of hydrogen-bond donors (Lipinski definition) is 2. The van der Waals surface area contributed by atoms with E-state index in [2.05, 4.69) is 13.8 Å². The Labute approximate surface area is 150 Å². The van der Waals surface area contributed by atoms with Gasteiger partial charge >= 0.3 is 0 Å². The average molecular weight is 347 g/mol. The summed E-state index contributed by atoms with van der Waals surface area (Å²) in [5.41, 5.74) is 5.79. The van der Waals surface area contributed by atoms with Crippen molar-refractivity contribution in [2.24, 2.45) is 46.2 Å². The van der Waals surface area contributed by atoms with E-state index in [0.29, 0.717) is 34.9 Å². The lowest BCUT2D eigenvalue weighted by Gasteiger charge is -2.60. The largest absolute Gasteiger partial charge is 0.383 e. The van der Waals surface area contributed by atoms with Gasteiger partial charge in [-0.25, -0.2) is 0 Å². The number of nitrogens with two attached hydrogens (primary N) is 1. The third-order valence-corrected chi connectivity index (χ3v) is 9.23. The molecule has 0 aromatic heterocycles. The second-order valence-corrected chi connectivity index (χ2v) is 9.98. The minimum atomic E-state index is -0.995. The predicted molar refractivity (Wildman–Crippen MR) is 95.4 cm³/mol. The number of rotatable bonds is 2. The summed E-state index contributed by atoms with van der Waals surface area (Å²) in [6.07, 6.45) is 8.34. The zero-order valence-corrected chi connectivity index (χ0v) is 15.7. The molecule has 1 amide bonds. The summed E-state index contributed by atoms with van der Waals surface area (Å²) in [6, 6.07) is 0. The molecule has 140 valence electrons. The van der Waals surface area contributed by atoms with Gasteiger partial charge in [-0.15, -0.1) is 0 Å². The fraction of sp³-hybridized carbons (Fsp3) is 0.905. The summed E-state index contributed by atoms with van der Waals surface area (Å²) in [4.78, 5) is 23.6. The van der Waals surface area contributed by atoms with Crippen LogP contribution in [0.15, 0.2) is 0 Å². The minimum absolute atomic E-state index is 0.0226. The normalized spacial score (nSPS) is 50.5. The van der Waals surface area contributed by atoms with E-state index in [0.717, 1.165) is 38.5 Å². The molecule has 25 heavy (non-hydrogen) atoms. The molecule has 1 unspecified atom stereocenters. The van der Waals surface area contributed by atoms with Gasteiger partial charge in [0.05, 0.1) is 0 Å². The van der Waals surface area contributed by atoms with Crippen LogP contribution in [0.2, 0.25) is 0 Å². The highest BCUT2D eigenvalue weighted by atomic mass is 16.3. The van der Waals surface area contributed by atoms with E-state index in [4.69, 9.17) is 5.73 Å². The molecular weight excluding hydrogens is 314 g/mol. The van der Waals surface area contributed by atoms with Gasteiger partial charge in [-0.2, -0.15) is 0 Å². The van der Waals surface area contributed by atoms with E-state index in [-0.39, 0.29) is 11.3 Å². The van der Waals surface area contributed by atoms with Crippen LogP contribution >= 0.6 is 0 Å². The molecule has 8 atom stereocenters. The maximum absolute atomic E-state index is 12.0. The summed E-state index contributed by atoms with van der Waals surface area (Å²) in [5, 5.41) is 10.4. The van der Waals surface area contributed by atoms with Gasteiger partial charge in [0, 0.05) is 12.8 Å². The fourth-order valence-corrected chi connectivity index (χ4v) is 7.80. The van der Waals surface area contributed by atoms with E-state index < -0.39 is 12.0 Å². The molecule has 4 nitrogen and oxygen atoms in total. The van der Waals surface area contributed by atoms with Crippen LogP contribution in [-0.4, -0.2) is 22.9 Å². The molecule has 4 rings (SSSR count).